The van der Waals surface area contributed by atoms with Crippen molar-refractivity contribution in [1.82, 2.24) is 9.62 Å². The maximum Gasteiger partial charge on any atom is 0.243 e. The molecule has 1 N–H and O–H groups in total. The molecule has 26 heavy (non-hydrogen) atoms. The summed E-state index contributed by atoms with van der Waals surface area (Å²) in [7, 11) is -3.55. The van der Waals surface area contributed by atoms with Crippen LogP contribution in [0, 0.1) is 18.8 Å². The summed E-state index contributed by atoms with van der Waals surface area (Å²) in [5.74, 6) is 1.03. The zero-order valence-electron chi connectivity index (χ0n) is 16.1. The maximum absolute atomic E-state index is 12.9. The van der Waals surface area contributed by atoms with Crippen molar-refractivity contribution in [3.63, 3.8) is 0 Å². The predicted octanol–water partition coefficient (Wildman–Crippen LogP) is 2.57. The molecule has 0 spiro atoms. The second-order valence-electron chi connectivity index (χ2n) is 7.18. The van der Waals surface area contributed by atoms with Crippen LogP contribution in [0.2, 0.25) is 0 Å². The summed E-state index contributed by atoms with van der Waals surface area (Å²) in [4.78, 5) is 12.5. The molecule has 1 aliphatic rings. The quantitative estimate of drug-likeness (QED) is 0.786. The molecule has 1 heterocycles. The highest BCUT2D eigenvalue weighted by atomic mass is 32.2. The van der Waals surface area contributed by atoms with Gasteiger partial charge in [0.05, 0.1) is 11.5 Å². The molecule has 7 heteroatoms. The van der Waals surface area contributed by atoms with Crippen molar-refractivity contribution in [2.75, 3.05) is 26.2 Å². The van der Waals surface area contributed by atoms with Crippen LogP contribution in [-0.2, 0) is 14.8 Å². The normalized spacial score (nSPS) is 16.7. The van der Waals surface area contributed by atoms with Gasteiger partial charge < -0.3 is 10.1 Å². The number of hydrogen-bond acceptors (Lipinski definition) is 4. The number of amides is 1. The number of sulfonamides is 1. The lowest BCUT2D eigenvalue weighted by Gasteiger charge is -2.30. The molecule has 0 aromatic heterocycles. The molecule has 1 aliphatic heterocycles. The molecule has 1 aromatic carbocycles. The highest BCUT2D eigenvalue weighted by Gasteiger charge is 2.32. The lowest BCUT2D eigenvalue weighted by atomic mass is 9.97. The minimum absolute atomic E-state index is 0.0349. The number of ether oxygens (including phenoxy) is 1. The van der Waals surface area contributed by atoms with Gasteiger partial charge in [-0.1, -0.05) is 13.8 Å². The van der Waals surface area contributed by atoms with Crippen molar-refractivity contribution in [2.24, 2.45) is 11.8 Å². The zero-order valence-corrected chi connectivity index (χ0v) is 16.9. The van der Waals surface area contributed by atoms with Gasteiger partial charge in [-0.2, -0.15) is 4.31 Å². The largest absolute Gasteiger partial charge is 0.494 e. The van der Waals surface area contributed by atoms with Crippen LogP contribution >= 0.6 is 0 Å². The summed E-state index contributed by atoms with van der Waals surface area (Å²) in [6.07, 6.45) is 1.11. The van der Waals surface area contributed by atoms with Crippen LogP contribution in [0.25, 0.3) is 0 Å². The molecule has 1 aromatic rings. The minimum atomic E-state index is -3.55. The van der Waals surface area contributed by atoms with Crippen LogP contribution in [0.5, 0.6) is 5.75 Å². The van der Waals surface area contributed by atoms with Gasteiger partial charge in [0.25, 0.3) is 0 Å². The van der Waals surface area contributed by atoms with Crippen LogP contribution in [-0.4, -0.2) is 44.9 Å². The summed E-state index contributed by atoms with van der Waals surface area (Å²) in [5, 5.41) is 2.94. The van der Waals surface area contributed by atoms with E-state index in [1.807, 2.05) is 27.7 Å². The fourth-order valence-corrected chi connectivity index (χ4v) is 4.61. The Balaban J connectivity index is 2.01. The van der Waals surface area contributed by atoms with Crippen LogP contribution in [0.15, 0.2) is 23.1 Å². The SMILES string of the molecule is CCOc1ccc(S(=O)(=O)N2CCC(C(=O)NCC(C)C)CC2)cc1C. The monoisotopic (exact) mass is 382 g/mol. The lowest BCUT2D eigenvalue weighted by Crippen LogP contribution is -2.43. The summed E-state index contributed by atoms with van der Waals surface area (Å²) >= 11 is 0. The van der Waals surface area contributed by atoms with E-state index in [9.17, 15) is 13.2 Å². The molecule has 1 fully saturated rings. The van der Waals surface area contributed by atoms with Crippen molar-refractivity contribution in [3.05, 3.63) is 23.8 Å². The first-order chi connectivity index (χ1) is 12.3. The number of carbonyl (C=O) groups excluding carboxylic acids is 1. The third kappa shape index (κ3) is 4.98. The molecule has 146 valence electrons. The van der Waals surface area contributed by atoms with E-state index in [0.29, 0.717) is 50.8 Å². The predicted molar refractivity (Wildman–Crippen MR) is 102 cm³/mol. The molecule has 0 aliphatic carbocycles. The van der Waals surface area contributed by atoms with E-state index in [4.69, 9.17) is 4.74 Å². The maximum atomic E-state index is 12.9. The smallest absolute Gasteiger partial charge is 0.243 e. The standard InChI is InChI=1S/C19H30N2O4S/c1-5-25-18-7-6-17(12-15(18)4)26(23,24)21-10-8-16(9-11-21)19(22)20-13-14(2)3/h6-7,12,14,16H,5,8-11,13H2,1-4H3,(H,20,22). The van der Waals surface area contributed by atoms with E-state index < -0.39 is 10.0 Å². The van der Waals surface area contributed by atoms with Gasteiger partial charge in [-0.25, -0.2) is 8.42 Å². The molecule has 0 radical (unpaired) electrons. The highest BCUT2D eigenvalue weighted by molar-refractivity contribution is 7.89. The second-order valence-corrected chi connectivity index (χ2v) is 9.12. The number of carbonyl (C=O) groups is 1. The van der Waals surface area contributed by atoms with Crippen LogP contribution in [0.3, 0.4) is 0 Å². The van der Waals surface area contributed by atoms with Gasteiger partial charge in [0.2, 0.25) is 15.9 Å². The summed E-state index contributed by atoms with van der Waals surface area (Å²) in [6.45, 7) is 9.77. The van der Waals surface area contributed by atoms with Crippen molar-refractivity contribution in [1.29, 1.82) is 0 Å². The second kappa shape index (κ2) is 8.86. The molecule has 0 bridgehead atoms. The number of nitrogens with one attached hydrogen (secondary N) is 1. The fourth-order valence-electron chi connectivity index (χ4n) is 3.06. The van der Waals surface area contributed by atoms with Crippen molar-refractivity contribution in [3.8, 4) is 5.75 Å². The molecule has 0 unspecified atom stereocenters. The number of nitrogens with zero attached hydrogens (tertiary/aromatic N) is 1. The van der Waals surface area contributed by atoms with E-state index in [2.05, 4.69) is 5.32 Å². The molecule has 0 saturated carbocycles. The van der Waals surface area contributed by atoms with E-state index in [0.717, 1.165) is 5.56 Å². The van der Waals surface area contributed by atoms with Gasteiger partial charge in [-0.05, 0) is 56.4 Å². The number of benzene rings is 1. The first-order valence-electron chi connectivity index (χ1n) is 9.27. The average Bonchev–Trinajstić information content (AvgIpc) is 2.61. The Labute approximate surface area is 157 Å². The Morgan fingerprint density at radius 3 is 2.50 bits per heavy atom. The van der Waals surface area contributed by atoms with Gasteiger partial charge in [-0.3, -0.25) is 4.79 Å². The molecule has 2 rings (SSSR count). The number of hydrogen-bond donors (Lipinski definition) is 1. The van der Waals surface area contributed by atoms with Gasteiger partial charge in [0.15, 0.2) is 0 Å². The Bertz CT molecular complexity index is 723. The van der Waals surface area contributed by atoms with Gasteiger partial charge >= 0.3 is 0 Å². The van der Waals surface area contributed by atoms with Gasteiger partial charge in [0, 0.05) is 25.6 Å². The lowest BCUT2D eigenvalue weighted by molar-refractivity contribution is -0.126. The molecule has 0 atom stereocenters. The average molecular weight is 383 g/mol. The van der Waals surface area contributed by atoms with E-state index in [-0.39, 0.29) is 16.7 Å². The van der Waals surface area contributed by atoms with E-state index >= 15 is 0 Å². The zero-order chi connectivity index (χ0) is 19.3. The van der Waals surface area contributed by atoms with Crippen molar-refractivity contribution in [2.45, 2.75) is 45.4 Å². The van der Waals surface area contributed by atoms with Crippen molar-refractivity contribution < 1.29 is 17.9 Å². The van der Waals surface area contributed by atoms with Crippen LogP contribution in [0.1, 0.15) is 39.2 Å². The van der Waals surface area contributed by atoms with Crippen LogP contribution in [0.4, 0.5) is 0 Å². The Hall–Kier alpha value is -1.60. The Kier molecular flexibility index (Phi) is 7.06. The highest BCUT2D eigenvalue weighted by Crippen LogP contribution is 2.27. The Morgan fingerprint density at radius 2 is 1.96 bits per heavy atom. The summed E-state index contributed by atoms with van der Waals surface area (Å²) in [5.41, 5.74) is 0.802. The van der Waals surface area contributed by atoms with E-state index in [1.54, 1.807) is 18.2 Å². The Morgan fingerprint density at radius 1 is 1.31 bits per heavy atom. The first-order valence-corrected chi connectivity index (χ1v) is 10.7. The number of aryl methyl sites for hydroxylation is 1. The molecule has 1 amide bonds. The third-order valence-electron chi connectivity index (χ3n) is 4.59. The number of piperidine rings is 1. The molecule has 1 saturated heterocycles. The molecule has 6 nitrogen and oxygen atoms in total. The van der Waals surface area contributed by atoms with Gasteiger partial charge in [-0.15, -0.1) is 0 Å². The van der Waals surface area contributed by atoms with E-state index in [1.165, 1.54) is 4.31 Å². The number of rotatable bonds is 7. The summed E-state index contributed by atoms with van der Waals surface area (Å²) < 4.78 is 32.7. The fraction of sp³-hybridized carbons (Fsp3) is 0.632. The first kappa shape index (κ1) is 20.7. The summed E-state index contributed by atoms with van der Waals surface area (Å²) in [6, 6.07) is 4.95. The third-order valence-corrected chi connectivity index (χ3v) is 6.49. The van der Waals surface area contributed by atoms with Crippen molar-refractivity contribution >= 4 is 15.9 Å². The topological polar surface area (TPSA) is 75.7 Å². The molecular weight excluding hydrogens is 352 g/mol. The van der Waals surface area contributed by atoms with Gasteiger partial charge in [0.1, 0.15) is 5.75 Å². The minimum Gasteiger partial charge on any atom is -0.494 e. The van der Waals surface area contributed by atoms with Crippen LogP contribution < -0.4 is 10.1 Å². The molecular formula is C19H30N2O4S.